The molecule has 0 unspecified atom stereocenters. The number of rotatable bonds is 4. The summed E-state index contributed by atoms with van der Waals surface area (Å²) in [4.78, 5) is 20.3. The van der Waals surface area contributed by atoms with Crippen LogP contribution in [0.1, 0.15) is 48.0 Å². The molecule has 90 valence electrons. The minimum absolute atomic E-state index is 0.185. The van der Waals surface area contributed by atoms with Gasteiger partial charge in [0.25, 0.3) is 0 Å². The molecular formula is C12H24O3. The Bertz CT molecular complexity index is 183. The Labute approximate surface area is 93.2 Å². The fourth-order valence-corrected chi connectivity index (χ4v) is 0.438. The summed E-state index contributed by atoms with van der Waals surface area (Å²) in [7, 11) is 0. The van der Waals surface area contributed by atoms with E-state index in [9.17, 15) is 9.59 Å². The van der Waals surface area contributed by atoms with Gasteiger partial charge in [0.1, 0.15) is 5.78 Å². The van der Waals surface area contributed by atoms with E-state index in [1.807, 2.05) is 13.8 Å². The van der Waals surface area contributed by atoms with E-state index in [-0.39, 0.29) is 17.7 Å². The summed E-state index contributed by atoms with van der Waals surface area (Å²) in [5.74, 6) is 0.903. The quantitative estimate of drug-likeness (QED) is 0.679. The molecule has 3 nitrogen and oxygen atoms in total. The van der Waals surface area contributed by atoms with Crippen LogP contribution in [-0.4, -0.2) is 18.4 Å². The second-order valence-electron chi connectivity index (χ2n) is 4.29. The van der Waals surface area contributed by atoms with E-state index in [1.54, 1.807) is 6.92 Å². The Balaban J connectivity index is 0. The minimum atomic E-state index is -0.185. The first-order valence-electron chi connectivity index (χ1n) is 5.41. The molecule has 0 aromatic heterocycles. The molecule has 0 amide bonds. The second-order valence-corrected chi connectivity index (χ2v) is 4.29. The number of Topliss-reactive ketones (excluding diaryl/α,β-unsaturated/α-hetero) is 1. The largest absolute Gasteiger partial charge is 0.466 e. The maximum absolute atomic E-state index is 10.2. The average molecular weight is 216 g/mol. The van der Waals surface area contributed by atoms with Gasteiger partial charge < -0.3 is 4.74 Å². The van der Waals surface area contributed by atoms with Crippen LogP contribution >= 0.6 is 0 Å². The van der Waals surface area contributed by atoms with E-state index in [2.05, 4.69) is 13.8 Å². The number of carbonyl (C=O) groups excluding carboxylic acids is 2. The van der Waals surface area contributed by atoms with Crippen molar-refractivity contribution in [1.29, 1.82) is 0 Å². The van der Waals surface area contributed by atoms with Gasteiger partial charge in [-0.05, 0) is 19.3 Å². The highest BCUT2D eigenvalue weighted by molar-refractivity contribution is 5.77. The Morgan fingerprint density at radius 1 is 1.07 bits per heavy atom. The van der Waals surface area contributed by atoms with Gasteiger partial charge in [-0.15, -0.1) is 0 Å². The van der Waals surface area contributed by atoms with Crippen molar-refractivity contribution in [2.75, 3.05) is 6.61 Å². The highest BCUT2D eigenvalue weighted by Gasteiger charge is 1.95. The van der Waals surface area contributed by atoms with Crippen LogP contribution in [0.5, 0.6) is 0 Å². The first kappa shape index (κ1) is 16.6. The maximum Gasteiger partial charge on any atom is 0.302 e. The monoisotopic (exact) mass is 216 g/mol. The van der Waals surface area contributed by atoms with Gasteiger partial charge in [-0.1, -0.05) is 27.7 Å². The highest BCUT2D eigenvalue weighted by Crippen LogP contribution is 1.98. The van der Waals surface area contributed by atoms with Gasteiger partial charge in [0.05, 0.1) is 6.61 Å². The molecule has 0 radical (unpaired) electrons. The summed E-state index contributed by atoms with van der Waals surface area (Å²) in [6.45, 7) is 11.6. The molecule has 0 spiro atoms. The van der Waals surface area contributed by atoms with E-state index < -0.39 is 0 Å². The maximum atomic E-state index is 10.2. The van der Waals surface area contributed by atoms with Crippen molar-refractivity contribution in [2.45, 2.75) is 48.0 Å². The molecule has 0 aliphatic heterocycles. The van der Waals surface area contributed by atoms with Gasteiger partial charge in [0.2, 0.25) is 0 Å². The first-order valence-corrected chi connectivity index (χ1v) is 5.41. The van der Waals surface area contributed by atoms with E-state index >= 15 is 0 Å². The second kappa shape index (κ2) is 9.69. The van der Waals surface area contributed by atoms with Crippen molar-refractivity contribution in [2.24, 2.45) is 11.8 Å². The topological polar surface area (TPSA) is 43.4 Å². The van der Waals surface area contributed by atoms with Crippen LogP contribution in [0, 0.1) is 11.8 Å². The molecule has 15 heavy (non-hydrogen) atoms. The third-order valence-corrected chi connectivity index (χ3v) is 1.81. The number of ketones is 1. The molecule has 0 N–H and O–H groups in total. The Kier molecular flexibility index (Phi) is 10.7. The zero-order valence-electron chi connectivity index (χ0n) is 10.8. The van der Waals surface area contributed by atoms with E-state index in [1.165, 1.54) is 6.92 Å². The molecule has 3 heteroatoms. The summed E-state index contributed by atoms with van der Waals surface area (Å²) in [6.07, 6.45) is 0.958. The fourth-order valence-electron chi connectivity index (χ4n) is 0.438. The molecule has 0 aromatic rings. The van der Waals surface area contributed by atoms with Crippen LogP contribution in [0.4, 0.5) is 0 Å². The van der Waals surface area contributed by atoms with Crippen LogP contribution in [0.2, 0.25) is 0 Å². The molecule has 0 fully saturated rings. The zero-order chi connectivity index (χ0) is 12.4. The molecule has 0 atom stereocenters. The third kappa shape index (κ3) is 19.5. The third-order valence-electron chi connectivity index (χ3n) is 1.81. The summed E-state index contributed by atoms with van der Waals surface area (Å²) in [5.41, 5.74) is 0. The predicted octanol–water partition coefficient (Wildman–Crippen LogP) is 2.83. The molecule has 0 aromatic carbocycles. The molecule has 0 aliphatic rings. The Hall–Kier alpha value is -0.860. The van der Waals surface area contributed by atoms with Crippen molar-refractivity contribution in [3.8, 4) is 0 Å². The molecule has 0 bridgehead atoms. The predicted molar refractivity (Wildman–Crippen MR) is 61.6 cm³/mol. The van der Waals surface area contributed by atoms with Gasteiger partial charge in [-0.3, -0.25) is 9.59 Å². The van der Waals surface area contributed by atoms with Gasteiger partial charge in [0, 0.05) is 12.8 Å². The van der Waals surface area contributed by atoms with Crippen molar-refractivity contribution in [3.63, 3.8) is 0 Å². The summed E-state index contributed by atoms with van der Waals surface area (Å²) in [6, 6.07) is 0. The van der Waals surface area contributed by atoms with Gasteiger partial charge in [0.15, 0.2) is 0 Å². The average Bonchev–Trinajstić information content (AvgIpc) is 2.03. The molecule has 0 saturated carbocycles. The Morgan fingerprint density at radius 2 is 1.47 bits per heavy atom. The van der Waals surface area contributed by atoms with Crippen molar-refractivity contribution >= 4 is 11.8 Å². The number of esters is 1. The van der Waals surface area contributed by atoms with Gasteiger partial charge in [-0.25, -0.2) is 0 Å². The van der Waals surface area contributed by atoms with E-state index in [0.717, 1.165) is 6.42 Å². The SMILES string of the molecule is CC(=O)C(C)C.CC(=O)OCCC(C)C. The highest BCUT2D eigenvalue weighted by atomic mass is 16.5. The van der Waals surface area contributed by atoms with Crippen LogP contribution in [-0.2, 0) is 14.3 Å². The van der Waals surface area contributed by atoms with Gasteiger partial charge >= 0.3 is 5.97 Å². The standard InChI is InChI=1S/C7H14O2.C5H10O/c1-6(2)4-5-9-7(3)8;1-4(2)5(3)6/h6H,4-5H2,1-3H3;4H,1-3H3. The van der Waals surface area contributed by atoms with Crippen molar-refractivity contribution in [3.05, 3.63) is 0 Å². The number of hydrogen-bond donors (Lipinski definition) is 0. The van der Waals surface area contributed by atoms with Crippen LogP contribution in [0.15, 0.2) is 0 Å². The number of hydrogen-bond acceptors (Lipinski definition) is 3. The first-order chi connectivity index (χ1) is 6.77. The van der Waals surface area contributed by atoms with Gasteiger partial charge in [-0.2, -0.15) is 0 Å². The number of carbonyl (C=O) groups is 2. The fraction of sp³-hybridized carbons (Fsp3) is 0.833. The smallest absolute Gasteiger partial charge is 0.302 e. The lowest BCUT2D eigenvalue weighted by Gasteiger charge is -2.02. The Morgan fingerprint density at radius 3 is 1.67 bits per heavy atom. The molecular weight excluding hydrogens is 192 g/mol. The summed E-state index contributed by atoms with van der Waals surface area (Å²) in [5, 5.41) is 0. The lowest BCUT2D eigenvalue weighted by Crippen LogP contribution is -2.02. The summed E-state index contributed by atoms with van der Waals surface area (Å²) < 4.78 is 4.71. The molecule has 0 aliphatic carbocycles. The number of ether oxygens (including phenoxy) is 1. The van der Waals surface area contributed by atoms with Crippen LogP contribution < -0.4 is 0 Å². The van der Waals surface area contributed by atoms with Crippen molar-refractivity contribution in [1.82, 2.24) is 0 Å². The van der Waals surface area contributed by atoms with Crippen molar-refractivity contribution < 1.29 is 14.3 Å². The van der Waals surface area contributed by atoms with E-state index in [0.29, 0.717) is 12.5 Å². The summed E-state index contributed by atoms with van der Waals surface area (Å²) >= 11 is 0. The zero-order valence-corrected chi connectivity index (χ0v) is 10.8. The van der Waals surface area contributed by atoms with Crippen LogP contribution in [0.25, 0.3) is 0 Å². The minimum Gasteiger partial charge on any atom is -0.466 e. The molecule has 0 rings (SSSR count). The van der Waals surface area contributed by atoms with Crippen LogP contribution in [0.3, 0.4) is 0 Å². The normalized spacial score (nSPS) is 9.60. The lowest BCUT2D eigenvalue weighted by molar-refractivity contribution is -0.141. The molecule has 0 saturated heterocycles. The molecule has 0 heterocycles. The lowest BCUT2D eigenvalue weighted by atomic mass is 10.1. The van der Waals surface area contributed by atoms with E-state index in [4.69, 9.17) is 4.74 Å².